The van der Waals surface area contributed by atoms with Crippen LogP contribution in [0.3, 0.4) is 0 Å². The molecule has 0 N–H and O–H groups in total. The molecule has 1 aromatic carbocycles. The van der Waals surface area contributed by atoms with Crippen LogP contribution in [-0.4, -0.2) is 45.9 Å². The Bertz CT molecular complexity index is 965. The number of sulfonamides is 1. The molecule has 1 aliphatic heterocycles. The first kappa shape index (κ1) is 15.9. The van der Waals surface area contributed by atoms with Gasteiger partial charge < -0.3 is 4.52 Å². The number of aromatic nitrogens is 4. The van der Waals surface area contributed by atoms with Gasteiger partial charge in [0.05, 0.1) is 11.1 Å². The van der Waals surface area contributed by atoms with E-state index in [0.29, 0.717) is 30.2 Å². The lowest BCUT2D eigenvalue weighted by Crippen LogP contribution is -2.27. The molecular weight excluding hydrogens is 342 g/mol. The Balaban J connectivity index is 1.60. The van der Waals surface area contributed by atoms with Gasteiger partial charge in [-0.1, -0.05) is 5.16 Å². The van der Waals surface area contributed by atoms with Crippen LogP contribution in [0.15, 0.2) is 52.3 Å². The first-order chi connectivity index (χ1) is 12.1. The largest absolute Gasteiger partial charge is 0.332 e. The van der Waals surface area contributed by atoms with Crippen molar-refractivity contribution in [2.24, 2.45) is 0 Å². The molecule has 0 saturated carbocycles. The van der Waals surface area contributed by atoms with E-state index < -0.39 is 10.0 Å². The van der Waals surface area contributed by atoms with Gasteiger partial charge in [0.25, 0.3) is 5.89 Å². The maximum absolute atomic E-state index is 12.5. The van der Waals surface area contributed by atoms with E-state index in [1.807, 2.05) is 0 Å². The minimum atomic E-state index is -3.42. The van der Waals surface area contributed by atoms with Gasteiger partial charge in [-0.3, -0.25) is 4.98 Å². The molecule has 3 heterocycles. The quantitative estimate of drug-likeness (QED) is 0.703. The van der Waals surface area contributed by atoms with Gasteiger partial charge in [0.1, 0.15) is 5.69 Å². The van der Waals surface area contributed by atoms with Crippen molar-refractivity contribution in [3.05, 3.63) is 42.9 Å². The molecule has 0 bridgehead atoms. The van der Waals surface area contributed by atoms with E-state index >= 15 is 0 Å². The minimum absolute atomic E-state index is 0.261. The normalized spacial score (nSPS) is 15.5. The van der Waals surface area contributed by atoms with Crippen molar-refractivity contribution >= 4 is 10.0 Å². The van der Waals surface area contributed by atoms with Gasteiger partial charge in [-0.25, -0.2) is 13.4 Å². The number of benzene rings is 1. The molecule has 0 spiro atoms. The Morgan fingerprint density at radius 1 is 1.04 bits per heavy atom. The molecule has 25 heavy (non-hydrogen) atoms. The van der Waals surface area contributed by atoms with Crippen molar-refractivity contribution in [1.29, 1.82) is 0 Å². The van der Waals surface area contributed by atoms with Crippen LogP contribution in [0.4, 0.5) is 0 Å². The zero-order chi connectivity index (χ0) is 17.3. The van der Waals surface area contributed by atoms with Crippen LogP contribution in [0, 0.1) is 0 Å². The Labute approximate surface area is 144 Å². The predicted molar refractivity (Wildman–Crippen MR) is 88.8 cm³/mol. The zero-order valence-electron chi connectivity index (χ0n) is 13.2. The topological polar surface area (TPSA) is 102 Å². The highest BCUT2D eigenvalue weighted by Gasteiger charge is 2.27. The van der Waals surface area contributed by atoms with Crippen molar-refractivity contribution in [3.63, 3.8) is 0 Å². The first-order valence-corrected chi connectivity index (χ1v) is 9.29. The maximum atomic E-state index is 12.5. The van der Waals surface area contributed by atoms with E-state index in [1.165, 1.54) is 16.7 Å². The number of nitrogens with zero attached hydrogens (tertiary/aromatic N) is 5. The van der Waals surface area contributed by atoms with E-state index in [9.17, 15) is 8.42 Å². The molecule has 1 fully saturated rings. The minimum Gasteiger partial charge on any atom is -0.332 e. The van der Waals surface area contributed by atoms with Crippen molar-refractivity contribution < 1.29 is 12.9 Å². The Hall–Kier alpha value is -2.65. The summed E-state index contributed by atoms with van der Waals surface area (Å²) in [5.41, 5.74) is 1.15. The fourth-order valence-corrected chi connectivity index (χ4v) is 4.22. The smallest absolute Gasteiger partial charge is 0.278 e. The van der Waals surface area contributed by atoms with Gasteiger partial charge in [0.15, 0.2) is 0 Å². The van der Waals surface area contributed by atoms with E-state index in [2.05, 4.69) is 20.1 Å². The molecule has 1 saturated heterocycles. The lowest BCUT2D eigenvalue weighted by atomic mass is 10.2. The molecular formula is C16H15N5O3S. The van der Waals surface area contributed by atoms with Crippen LogP contribution >= 0.6 is 0 Å². The van der Waals surface area contributed by atoms with Crippen LogP contribution in [0.25, 0.3) is 23.0 Å². The maximum Gasteiger partial charge on any atom is 0.278 e. The molecule has 3 aromatic rings. The average Bonchev–Trinajstić information content (AvgIpc) is 3.35. The average molecular weight is 357 g/mol. The first-order valence-electron chi connectivity index (χ1n) is 7.85. The van der Waals surface area contributed by atoms with Gasteiger partial charge in [-0.05, 0) is 37.1 Å². The molecule has 0 aliphatic carbocycles. The van der Waals surface area contributed by atoms with Gasteiger partial charge in [-0.15, -0.1) is 0 Å². The highest BCUT2D eigenvalue weighted by molar-refractivity contribution is 7.89. The third-order valence-electron chi connectivity index (χ3n) is 4.02. The Kier molecular flexibility index (Phi) is 4.02. The highest BCUT2D eigenvalue weighted by atomic mass is 32.2. The number of rotatable bonds is 4. The number of hydrogen-bond donors (Lipinski definition) is 0. The third kappa shape index (κ3) is 3.03. The summed E-state index contributed by atoms with van der Waals surface area (Å²) < 4.78 is 31.8. The second kappa shape index (κ2) is 6.34. The lowest BCUT2D eigenvalue weighted by molar-refractivity contribution is 0.431. The van der Waals surface area contributed by atoms with Gasteiger partial charge in [-0.2, -0.15) is 9.29 Å². The summed E-state index contributed by atoms with van der Waals surface area (Å²) >= 11 is 0. The van der Waals surface area contributed by atoms with Gasteiger partial charge >= 0.3 is 0 Å². The van der Waals surface area contributed by atoms with E-state index in [-0.39, 0.29) is 10.8 Å². The summed E-state index contributed by atoms with van der Waals surface area (Å²) in [7, 11) is -3.42. The molecule has 0 atom stereocenters. The molecule has 0 radical (unpaired) electrons. The van der Waals surface area contributed by atoms with Crippen molar-refractivity contribution in [3.8, 4) is 23.0 Å². The second-order valence-electron chi connectivity index (χ2n) is 5.65. The SMILES string of the molecule is O=S(=O)(c1ccc(-c2noc(-c3cnccn3)n2)cc1)N1CCCC1. The van der Waals surface area contributed by atoms with E-state index in [1.54, 1.807) is 30.5 Å². The van der Waals surface area contributed by atoms with Crippen LogP contribution in [0.5, 0.6) is 0 Å². The van der Waals surface area contributed by atoms with Crippen LogP contribution < -0.4 is 0 Å². The molecule has 0 unspecified atom stereocenters. The molecule has 8 nitrogen and oxygen atoms in total. The Morgan fingerprint density at radius 3 is 2.48 bits per heavy atom. The molecule has 128 valence electrons. The summed E-state index contributed by atoms with van der Waals surface area (Å²) in [6.45, 7) is 1.16. The fraction of sp³-hybridized carbons (Fsp3) is 0.250. The second-order valence-corrected chi connectivity index (χ2v) is 7.59. The monoisotopic (exact) mass is 357 g/mol. The van der Waals surface area contributed by atoms with Crippen molar-refractivity contribution in [2.75, 3.05) is 13.1 Å². The van der Waals surface area contributed by atoms with Gasteiger partial charge in [0, 0.05) is 31.0 Å². The molecule has 4 rings (SSSR count). The van der Waals surface area contributed by atoms with Crippen LogP contribution in [-0.2, 0) is 10.0 Å². The summed E-state index contributed by atoms with van der Waals surface area (Å²) in [6.07, 6.45) is 6.44. The lowest BCUT2D eigenvalue weighted by Gasteiger charge is -2.15. The van der Waals surface area contributed by atoms with Crippen LogP contribution in [0.2, 0.25) is 0 Å². The fourth-order valence-electron chi connectivity index (χ4n) is 2.71. The standard InChI is InChI=1S/C16H15N5O3S/c22-25(23,21-9-1-2-10-21)13-5-3-12(4-6-13)15-19-16(24-20-15)14-11-17-7-8-18-14/h3-8,11H,1-2,9-10H2. The molecule has 9 heteroatoms. The molecule has 2 aromatic heterocycles. The number of hydrogen-bond acceptors (Lipinski definition) is 7. The summed E-state index contributed by atoms with van der Waals surface area (Å²) in [4.78, 5) is 12.6. The van der Waals surface area contributed by atoms with Crippen molar-refractivity contribution in [2.45, 2.75) is 17.7 Å². The van der Waals surface area contributed by atoms with Crippen molar-refractivity contribution in [1.82, 2.24) is 24.4 Å². The third-order valence-corrected chi connectivity index (χ3v) is 5.94. The molecule has 0 amide bonds. The molecule has 1 aliphatic rings. The van der Waals surface area contributed by atoms with E-state index in [4.69, 9.17) is 4.52 Å². The predicted octanol–water partition coefficient (Wildman–Crippen LogP) is 1.98. The van der Waals surface area contributed by atoms with E-state index in [0.717, 1.165) is 12.8 Å². The summed E-state index contributed by atoms with van der Waals surface area (Å²) in [5, 5.41) is 3.92. The zero-order valence-corrected chi connectivity index (χ0v) is 14.1. The van der Waals surface area contributed by atoms with Crippen LogP contribution in [0.1, 0.15) is 12.8 Å². The van der Waals surface area contributed by atoms with Gasteiger partial charge in [0.2, 0.25) is 15.8 Å². The summed E-state index contributed by atoms with van der Waals surface area (Å²) in [5.74, 6) is 0.627. The Morgan fingerprint density at radius 2 is 1.80 bits per heavy atom. The summed E-state index contributed by atoms with van der Waals surface area (Å²) in [6, 6.07) is 6.49. The highest BCUT2D eigenvalue weighted by Crippen LogP contribution is 2.24.